The number of hydrogen-bond acceptors (Lipinski definition) is 2. The lowest BCUT2D eigenvalue weighted by atomic mass is 10.0. The molecule has 0 saturated heterocycles. The maximum atomic E-state index is 11.8. The highest BCUT2D eigenvalue weighted by atomic mass is 79.9. The van der Waals surface area contributed by atoms with E-state index in [0.29, 0.717) is 16.2 Å². The third-order valence-corrected chi connectivity index (χ3v) is 3.03. The number of nitrogens with one attached hydrogen (secondary N) is 1. The largest absolute Gasteiger partial charge is 0.457 e. The van der Waals surface area contributed by atoms with Gasteiger partial charge in [-0.15, -0.1) is 0 Å². The number of rotatable bonds is 5. The number of carbonyl (C=O) groups excluding carboxylic acids is 1. The second-order valence-corrected chi connectivity index (χ2v) is 5.17. The summed E-state index contributed by atoms with van der Waals surface area (Å²) in [5.74, 6) is 0.580. The monoisotopic (exact) mass is 287 g/mol. The highest BCUT2D eigenvalue weighted by molar-refractivity contribution is 9.10. The fourth-order valence-corrected chi connectivity index (χ4v) is 1.83. The molecular weight excluding hydrogens is 270 g/mol. The molecule has 0 bridgehead atoms. The third-order valence-electron chi connectivity index (χ3n) is 2.42. The van der Waals surface area contributed by atoms with E-state index in [4.69, 9.17) is 4.42 Å². The van der Waals surface area contributed by atoms with Crippen molar-refractivity contribution in [3.63, 3.8) is 0 Å². The smallest absolute Gasteiger partial charge is 0.255 e. The summed E-state index contributed by atoms with van der Waals surface area (Å²) < 4.78 is 5.51. The van der Waals surface area contributed by atoms with Gasteiger partial charge in [0.1, 0.15) is 0 Å². The zero-order valence-corrected chi connectivity index (χ0v) is 11.5. The van der Waals surface area contributed by atoms with Gasteiger partial charge in [0.15, 0.2) is 4.67 Å². The first-order valence-electron chi connectivity index (χ1n) is 5.54. The van der Waals surface area contributed by atoms with E-state index in [9.17, 15) is 4.79 Å². The van der Waals surface area contributed by atoms with Crippen LogP contribution in [0.15, 0.2) is 21.4 Å². The Bertz CT molecular complexity index is 347. The van der Waals surface area contributed by atoms with E-state index >= 15 is 0 Å². The molecule has 0 aliphatic rings. The van der Waals surface area contributed by atoms with Crippen LogP contribution < -0.4 is 5.32 Å². The Morgan fingerprint density at radius 3 is 2.62 bits per heavy atom. The Morgan fingerprint density at radius 1 is 1.44 bits per heavy atom. The molecule has 3 nitrogen and oxygen atoms in total. The summed E-state index contributed by atoms with van der Waals surface area (Å²) in [5, 5.41) is 2.95. The van der Waals surface area contributed by atoms with Crippen molar-refractivity contribution < 1.29 is 9.21 Å². The molecule has 0 saturated carbocycles. The Labute approximate surface area is 105 Å². The third kappa shape index (κ3) is 4.00. The fourth-order valence-electron chi connectivity index (χ4n) is 1.41. The normalized spacial score (nSPS) is 12.8. The van der Waals surface area contributed by atoms with E-state index in [2.05, 4.69) is 35.1 Å². The van der Waals surface area contributed by atoms with Crippen LogP contribution in [0.1, 0.15) is 44.0 Å². The van der Waals surface area contributed by atoms with Crippen molar-refractivity contribution in [1.82, 2.24) is 5.32 Å². The van der Waals surface area contributed by atoms with E-state index in [-0.39, 0.29) is 11.9 Å². The van der Waals surface area contributed by atoms with E-state index in [1.165, 1.54) is 6.26 Å². The van der Waals surface area contributed by atoms with Crippen LogP contribution in [0.2, 0.25) is 0 Å². The summed E-state index contributed by atoms with van der Waals surface area (Å²) in [6.07, 6.45) is 3.62. The quantitative estimate of drug-likeness (QED) is 0.899. The number of halogens is 1. The standard InChI is InChI=1S/C12H18BrNO2/c1-8(2)4-5-9(3)14-12(15)10-6-7-16-11(10)13/h6-9H,4-5H2,1-3H3,(H,14,15). The lowest BCUT2D eigenvalue weighted by Gasteiger charge is -2.14. The summed E-state index contributed by atoms with van der Waals surface area (Å²) in [6.45, 7) is 6.39. The topological polar surface area (TPSA) is 42.2 Å². The first kappa shape index (κ1) is 13.3. The highest BCUT2D eigenvalue weighted by Crippen LogP contribution is 2.17. The molecule has 0 aliphatic carbocycles. The summed E-state index contributed by atoms with van der Waals surface area (Å²) in [5.41, 5.74) is 0.552. The van der Waals surface area contributed by atoms with Gasteiger partial charge in [-0.25, -0.2) is 0 Å². The SMILES string of the molecule is CC(C)CCC(C)NC(=O)c1ccoc1Br. The molecule has 0 spiro atoms. The van der Waals surface area contributed by atoms with Gasteiger partial charge in [-0.3, -0.25) is 4.79 Å². The number of amides is 1. The lowest BCUT2D eigenvalue weighted by Crippen LogP contribution is -2.32. The van der Waals surface area contributed by atoms with E-state index in [1.54, 1.807) is 6.07 Å². The second kappa shape index (κ2) is 6.09. The van der Waals surface area contributed by atoms with E-state index in [1.807, 2.05) is 6.92 Å². The number of furan rings is 1. The van der Waals surface area contributed by atoms with Crippen LogP contribution in [0.25, 0.3) is 0 Å². The first-order valence-corrected chi connectivity index (χ1v) is 6.34. The number of carbonyl (C=O) groups is 1. The molecule has 0 aromatic carbocycles. The van der Waals surface area contributed by atoms with Gasteiger partial charge < -0.3 is 9.73 Å². The molecule has 0 fully saturated rings. The fraction of sp³-hybridized carbons (Fsp3) is 0.583. The maximum Gasteiger partial charge on any atom is 0.255 e. The molecule has 1 N–H and O–H groups in total. The zero-order chi connectivity index (χ0) is 12.1. The van der Waals surface area contributed by atoms with Gasteiger partial charge in [-0.1, -0.05) is 13.8 Å². The van der Waals surface area contributed by atoms with Gasteiger partial charge in [0.25, 0.3) is 5.91 Å². The number of hydrogen-bond donors (Lipinski definition) is 1. The van der Waals surface area contributed by atoms with Crippen LogP contribution in [0.5, 0.6) is 0 Å². The molecule has 1 unspecified atom stereocenters. The van der Waals surface area contributed by atoms with Crippen LogP contribution in [0.3, 0.4) is 0 Å². The average Bonchev–Trinajstić information content (AvgIpc) is 2.61. The average molecular weight is 288 g/mol. The van der Waals surface area contributed by atoms with Crippen molar-refractivity contribution in [1.29, 1.82) is 0 Å². The van der Waals surface area contributed by atoms with Gasteiger partial charge in [0.2, 0.25) is 0 Å². The van der Waals surface area contributed by atoms with Crippen molar-refractivity contribution in [2.75, 3.05) is 0 Å². The Hall–Kier alpha value is -0.770. The molecule has 1 heterocycles. The molecule has 0 radical (unpaired) electrons. The van der Waals surface area contributed by atoms with Gasteiger partial charge in [0, 0.05) is 6.04 Å². The van der Waals surface area contributed by atoms with Crippen molar-refractivity contribution in [2.45, 2.75) is 39.7 Å². The van der Waals surface area contributed by atoms with Crippen LogP contribution in [-0.4, -0.2) is 11.9 Å². The zero-order valence-electron chi connectivity index (χ0n) is 9.92. The molecule has 1 amide bonds. The van der Waals surface area contributed by atoms with Gasteiger partial charge in [0.05, 0.1) is 11.8 Å². The van der Waals surface area contributed by atoms with Crippen molar-refractivity contribution in [2.24, 2.45) is 5.92 Å². The Kier molecular flexibility index (Phi) is 5.06. The van der Waals surface area contributed by atoms with Crippen molar-refractivity contribution >= 4 is 21.8 Å². The highest BCUT2D eigenvalue weighted by Gasteiger charge is 2.14. The van der Waals surface area contributed by atoms with Crippen molar-refractivity contribution in [3.05, 3.63) is 22.6 Å². The minimum atomic E-state index is -0.0862. The maximum absolute atomic E-state index is 11.8. The lowest BCUT2D eigenvalue weighted by molar-refractivity contribution is 0.0935. The van der Waals surface area contributed by atoms with Crippen LogP contribution in [0.4, 0.5) is 0 Å². The summed E-state index contributed by atoms with van der Waals surface area (Å²) in [4.78, 5) is 11.8. The summed E-state index contributed by atoms with van der Waals surface area (Å²) >= 11 is 3.19. The van der Waals surface area contributed by atoms with Gasteiger partial charge >= 0.3 is 0 Å². The first-order chi connectivity index (χ1) is 7.50. The van der Waals surface area contributed by atoms with Gasteiger partial charge in [-0.2, -0.15) is 0 Å². The Balaban J connectivity index is 2.43. The molecule has 16 heavy (non-hydrogen) atoms. The van der Waals surface area contributed by atoms with Crippen LogP contribution in [-0.2, 0) is 0 Å². The van der Waals surface area contributed by atoms with Gasteiger partial charge in [-0.05, 0) is 47.7 Å². The van der Waals surface area contributed by atoms with Crippen molar-refractivity contribution in [3.8, 4) is 0 Å². The molecule has 0 aliphatic heterocycles. The molecule has 1 aromatic rings. The van der Waals surface area contributed by atoms with E-state index in [0.717, 1.165) is 12.8 Å². The predicted octanol–water partition coefficient (Wildman–Crippen LogP) is 3.60. The molecule has 1 aromatic heterocycles. The molecular formula is C12H18BrNO2. The minimum Gasteiger partial charge on any atom is -0.457 e. The predicted molar refractivity (Wildman–Crippen MR) is 67.4 cm³/mol. The summed E-state index contributed by atoms with van der Waals surface area (Å²) in [6, 6.07) is 1.85. The molecule has 1 rings (SSSR count). The Morgan fingerprint density at radius 2 is 2.12 bits per heavy atom. The molecule has 4 heteroatoms. The summed E-state index contributed by atoms with van der Waals surface area (Å²) in [7, 11) is 0. The second-order valence-electron chi connectivity index (χ2n) is 4.45. The molecule has 90 valence electrons. The molecule has 1 atom stereocenters. The minimum absolute atomic E-state index is 0.0862. The van der Waals surface area contributed by atoms with Crippen LogP contribution >= 0.6 is 15.9 Å². The van der Waals surface area contributed by atoms with E-state index < -0.39 is 0 Å². The van der Waals surface area contributed by atoms with Crippen LogP contribution in [0, 0.1) is 5.92 Å².